The van der Waals surface area contributed by atoms with Gasteiger partial charge in [-0.2, -0.15) is 0 Å². The molecule has 3 rings (SSSR count). The van der Waals surface area contributed by atoms with Gasteiger partial charge in [0.15, 0.2) is 0 Å². The van der Waals surface area contributed by atoms with E-state index in [1.54, 1.807) is 36.3 Å². The lowest BCUT2D eigenvalue weighted by atomic mass is 9.96. The lowest BCUT2D eigenvalue weighted by Gasteiger charge is -2.40. The normalized spacial score (nSPS) is 21.2. The number of urea groups is 1. The second kappa shape index (κ2) is 7.72. The Kier molecular flexibility index (Phi) is 5.40. The van der Waals surface area contributed by atoms with Crippen molar-refractivity contribution in [1.29, 1.82) is 0 Å². The molecular weight excluding hydrogens is 318 g/mol. The summed E-state index contributed by atoms with van der Waals surface area (Å²) in [6.45, 7) is 4.43. The molecule has 0 aliphatic carbocycles. The summed E-state index contributed by atoms with van der Waals surface area (Å²) in [5.74, 6) is 0.135. The average Bonchev–Trinajstić information content (AvgIpc) is 2.67. The van der Waals surface area contributed by atoms with E-state index in [-0.39, 0.29) is 17.9 Å². The van der Waals surface area contributed by atoms with Crippen LogP contribution in [0.3, 0.4) is 0 Å². The molecule has 0 bridgehead atoms. The number of piperidine rings is 1. The molecule has 1 aromatic heterocycles. The molecule has 1 aromatic rings. The molecule has 2 fully saturated rings. The zero-order valence-electron chi connectivity index (χ0n) is 15.1. The van der Waals surface area contributed by atoms with Crippen molar-refractivity contribution < 1.29 is 9.59 Å². The molecular formula is C18H27N5O2. The summed E-state index contributed by atoms with van der Waals surface area (Å²) in [5.41, 5.74) is 1.16. The zero-order chi connectivity index (χ0) is 17.8. The number of aromatic nitrogens is 1. The van der Waals surface area contributed by atoms with Crippen molar-refractivity contribution in [1.82, 2.24) is 19.7 Å². The van der Waals surface area contributed by atoms with Gasteiger partial charge < -0.3 is 19.6 Å². The van der Waals surface area contributed by atoms with Crippen molar-refractivity contribution in [2.45, 2.75) is 12.8 Å². The predicted octanol–water partition coefficient (Wildman–Crippen LogP) is 1.12. The number of rotatable bonds is 2. The maximum Gasteiger partial charge on any atom is 0.319 e. The first-order valence-corrected chi connectivity index (χ1v) is 8.96. The average molecular weight is 345 g/mol. The molecule has 0 radical (unpaired) electrons. The molecule has 3 heterocycles. The van der Waals surface area contributed by atoms with E-state index in [0.717, 1.165) is 51.3 Å². The number of carbonyl (C=O) groups excluding carboxylic acids is 2. The molecule has 7 heteroatoms. The van der Waals surface area contributed by atoms with Gasteiger partial charge >= 0.3 is 6.03 Å². The summed E-state index contributed by atoms with van der Waals surface area (Å²) in [6, 6.07) is 4.01. The van der Waals surface area contributed by atoms with Crippen LogP contribution in [-0.2, 0) is 4.79 Å². The Morgan fingerprint density at radius 1 is 1.04 bits per heavy atom. The number of hydrogen-bond acceptors (Lipinski definition) is 4. The van der Waals surface area contributed by atoms with Gasteiger partial charge in [-0.25, -0.2) is 4.79 Å². The Balaban J connectivity index is 1.54. The van der Waals surface area contributed by atoms with Gasteiger partial charge in [0, 0.05) is 71.4 Å². The van der Waals surface area contributed by atoms with Crippen LogP contribution in [0.5, 0.6) is 0 Å². The van der Waals surface area contributed by atoms with E-state index in [0.29, 0.717) is 6.54 Å². The lowest BCUT2D eigenvalue weighted by molar-refractivity contribution is -0.137. The van der Waals surface area contributed by atoms with Crippen LogP contribution in [0.25, 0.3) is 0 Å². The van der Waals surface area contributed by atoms with Crippen LogP contribution in [0.2, 0.25) is 0 Å². The van der Waals surface area contributed by atoms with Crippen LogP contribution in [0.4, 0.5) is 10.5 Å². The molecule has 7 nitrogen and oxygen atoms in total. The molecule has 0 unspecified atom stereocenters. The standard InChI is InChI=1S/C18H27N5O2/c1-20(2)18(25)23-9-3-4-15(14-23)17(24)22-12-10-21(11-13-22)16-5-7-19-8-6-16/h5-8,15H,3-4,9-14H2,1-2H3/t15-/m1/s1. The summed E-state index contributed by atoms with van der Waals surface area (Å²) in [5, 5.41) is 0. The molecule has 0 N–H and O–H groups in total. The molecule has 136 valence electrons. The minimum absolute atomic E-state index is 0.00000590. The van der Waals surface area contributed by atoms with E-state index in [4.69, 9.17) is 0 Å². The van der Waals surface area contributed by atoms with Gasteiger partial charge in [-0.15, -0.1) is 0 Å². The zero-order valence-corrected chi connectivity index (χ0v) is 15.1. The van der Waals surface area contributed by atoms with E-state index in [9.17, 15) is 9.59 Å². The Bertz CT molecular complexity index is 599. The summed E-state index contributed by atoms with van der Waals surface area (Å²) in [6.07, 6.45) is 5.37. The fraction of sp³-hybridized carbons (Fsp3) is 0.611. The fourth-order valence-corrected chi connectivity index (χ4v) is 3.63. The van der Waals surface area contributed by atoms with E-state index < -0.39 is 0 Å². The molecule has 2 aliphatic rings. The highest BCUT2D eigenvalue weighted by Gasteiger charge is 2.33. The van der Waals surface area contributed by atoms with E-state index in [2.05, 4.69) is 9.88 Å². The third-order valence-electron chi connectivity index (χ3n) is 5.04. The Morgan fingerprint density at radius 2 is 1.72 bits per heavy atom. The molecule has 3 amide bonds. The minimum atomic E-state index is -0.0647. The Hall–Kier alpha value is -2.31. The molecule has 0 saturated carbocycles. The van der Waals surface area contributed by atoms with Crippen LogP contribution in [0, 0.1) is 5.92 Å². The van der Waals surface area contributed by atoms with Crippen LogP contribution in [0.1, 0.15) is 12.8 Å². The molecule has 0 spiro atoms. The number of nitrogens with zero attached hydrogens (tertiary/aromatic N) is 5. The molecule has 2 saturated heterocycles. The number of carbonyl (C=O) groups is 2. The third-order valence-corrected chi connectivity index (χ3v) is 5.04. The Morgan fingerprint density at radius 3 is 2.36 bits per heavy atom. The third kappa shape index (κ3) is 4.03. The number of amides is 3. The fourth-order valence-electron chi connectivity index (χ4n) is 3.63. The summed E-state index contributed by atoms with van der Waals surface area (Å²) < 4.78 is 0. The van der Waals surface area contributed by atoms with Crippen LogP contribution in [-0.4, -0.2) is 85.0 Å². The van der Waals surface area contributed by atoms with E-state index in [1.807, 2.05) is 17.0 Å². The Labute approximate surface area is 149 Å². The first-order chi connectivity index (χ1) is 12.1. The molecule has 1 atom stereocenters. The summed E-state index contributed by atoms with van der Waals surface area (Å²) >= 11 is 0. The van der Waals surface area contributed by atoms with Crippen molar-refractivity contribution in [3.05, 3.63) is 24.5 Å². The number of likely N-dealkylation sites (tertiary alicyclic amines) is 1. The second-order valence-corrected chi connectivity index (χ2v) is 6.98. The van der Waals surface area contributed by atoms with Gasteiger partial charge in [-0.3, -0.25) is 9.78 Å². The number of pyridine rings is 1. The quantitative estimate of drug-likeness (QED) is 0.806. The SMILES string of the molecule is CN(C)C(=O)N1CCC[C@@H](C(=O)N2CCN(c3ccncc3)CC2)C1. The van der Waals surface area contributed by atoms with E-state index >= 15 is 0 Å². The molecule has 2 aliphatic heterocycles. The highest BCUT2D eigenvalue weighted by Crippen LogP contribution is 2.21. The first kappa shape index (κ1) is 17.5. The van der Waals surface area contributed by atoms with Crippen molar-refractivity contribution >= 4 is 17.6 Å². The highest BCUT2D eigenvalue weighted by molar-refractivity contribution is 5.81. The monoisotopic (exact) mass is 345 g/mol. The topological polar surface area (TPSA) is 60.0 Å². The lowest BCUT2D eigenvalue weighted by Crippen LogP contribution is -2.53. The summed E-state index contributed by atoms with van der Waals surface area (Å²) in [7, 11) is 3.51. The van der Waals surface area contributed by atoms with Crippen LogP contribution < -0.4 is 4.90 Å². The summed E-state index contributed by atoms with van der Waals surface area (Å²) in [4.78, 5) is 36.7. The van der Waals surface area contributed by atoms with Gasteiger partial charge in [0.25, 0.3) is 0 Å². The maximum absolute atomic E-state index is 12.9. The van der Waals surface area contributed by atoms with Crippen LogP contribution >= 0.6 is 0 Å². The van der Waals surface area contributed by atoms with Gasteiger partial charge in [0.05, 0.1) is 5.92 Å². The second-order valence-electron chi connectivity index (χ2n) is 6.98. The maximum atomic E-state index is 12.9. The number of piperazine rings is 1. The minimum Gasteiger partial charge on any atom is -0.368 e. The van der Waals surface area contributed by atoms with Crippen molar-refractivity contribution in [2.24, 2.45) is 5.92 Å². The molecule has 0 aromatic carbocycles. The molecule has 25 heavy (non-hydrogen) atoms. The van der Waals surface area contributed by atoms with Gasteiger partial charge in [0.2, 0.25) is 5.91 Å². The number of anilines is 1. The largest absolute Gasteiger partial charge is 0.368 e. The number of hydrogen-bond donors (Lipinski definition) is 0. The van der Waals surface area contributed by atoms with Crippen molar-refractivity contribution in [3.63, 3.8) is 0 Å². The van der Waals surface area contributed by atoms with E-state index in [1.165, 1.54) is 0 Å². The van der Waals surface area contributed by atoms with Gasteiger partial charge in [0.1, 0.15) is 0 Å². The van der Waals surface area contributed by atoms with Crippen molar-refractivity contribution in [3.8, 4) is 0 Å². The predicted molar refractivity (Wildman–Crippen MR) is 96.4 cm³/mol. The van der Waals surface area contributed by atoms with Crippen molar-refractivity contribution in [2.75, 3.05) is 58.3 Å². The van der Waals surface area contributed by atoms with Gasteiger partial charge in [-0.05, 0) is 25.0 Å². The van der Waals surface area contributed by atoms with Crippen LogP contribution in [0.15, 0.2) is 24.5 Å². The first-order valence-electron chi connectivity index (χ1n) is 8.96. The smallest absolute Gasteiger partial charge is 0.319 e. The highest BCUT2D eigenvalue weighted by atomic mass is 16.2. The van der Waals surface area contributed by atoms with Gasteiger partial charge in [-0.1, -0.05) is 0 Å².